The van der Waals surface area contributed by atoms with Crippen molar-refractivity contribution in [3.63, 3.8) is 0 Å². The lowest BCUT2D eigenvalue weighted by Crippen LogP contribution is -2.59. The summed E-state index contributed by atoms with van der Waals surface area (Å²) in [4.78, 5) is 66.2. The fourth-order valence-electron chi connectivity index (χ4n) is 6.93. The molecule has 312 valence electrons. The number of hydrogen-bond donors (Lipinski definition) is 4. The molecule has 0 aromatic rings. The molecule has 5 amide bonds. The SMILES string of the molecule is C1CCCCC1.C=CCNC(=O)C(=O)C(CC1CC1)NC(=O)C1C(C)CCN1C(=O)CNC(=O)NC1(CS(=O)(=O)C(C)(C)C)CCCCC1.CC.CCC. The fraction of sp³-hybridized carbons (Fsp3) is 0.829. The Labute approximate surface area is 327 Å². The van der Waals surface area contributed by atoms with E-state index in [0.717, 1.165) is 32.1 Å². The van der Waals surface area contributed by atoms with E-state index in [0.29, 0.717) is 32.2 Å². The number of rotatable bonds is 13. The van der Waals surface area contributed by atoms with E-state index in [4.69, 9.17) is 0 Å². The van der Waals surface area contributed by atoms with Gasteiger partial charge in [-0.3, -0.25) is 19.2 Å². The Hall–Kier alpha value is -2.96. The third-order valence-electron chi connectivity index (χ3n) is 10.3. The number of urea groups is 1. The molecular formula is C41H75N5O7S. The van der Waals surface area contributed by atoms with E-state index in [2.05, 4.69) is 41.7 Å². The molecule has 4 aliphatic rings. The summed E-state index contributed by atoms with van der Waals surface area (Å²) in [5, 5.41) is 10.6. The molecule has 3 saturated carbocycles. The highest BCUT2D eigenvalue weighted by Gasteiger charge is 2.44. The Morgan fingerprint density at radius 2 is 1.39 bits per heavy atom. The average molecular weight is 782 g/mol. The first-order chi connectivity index (χ1) is 25.5. The second-order valence-electron chi connectivity index (χ2n) is 16.2. The fourth-order valence-corrected chi connectivity index (χ4v) is 8.45. The third-order valence-corrected chi connectivity index (χ3v) is 13.1. The van der Waals surface area contributed by atoms with Gasteiger partial charge in [-0.15, -0.1) is 6.58 Å². The second kappa shape index (κ2) is 24.5. The van der Waals surface area contributed by atoms with E-state index >= 15 is 0 Å². The summed E-state index contributed by atoms with van der Waals surface area (Å²) < 4.78 is 25.1. The zero-order valence-electron chi connectivity index (χ0n) is 34.9. The maximum absolute atomic E-state index is 13.4. The molecule has 3 atom stereocenters. The lowest BCUT2D eigenvalue weighted by molar-refractivity contribution is -0.142. The summed E-state index contributed by atoms with van der Waals surface area (Å²) in [6.07, 6.45) is 18.1. The molecule has 13 heteroatoms. The molecule has 3 aliphatic carbocycles. The molecule has 1 aliphatic heterocycles. The summed E-state index contributed by atoms with van der Waals surface area (Å²) in [5.74, 6) is -2.61. The number of nitrogens with zero attached hydrogens (tertiary/aromatic N) is 1. The van der Waals surface area contributed by atoms with Gasteiger partial charge in [0.1, 0.15) is 6.04 Å². The van der Waals surface area contributed by atoms with Gasteiger partial charge in [0.2, 0.25) is 17.6 Å². The number of sulfone groups is 1. The molecule has 0 radical (unpaired) electrons. The van der Waals surface area contributed by atoms with Crippen LogP contribution in [0.2, 0.25) is 0 Å². The predicted octanol–water partition coefficient (Wildman–Crippen LogP) is 6.38. The molecule has 0 aromatic carbocycles. The molecule has 12 nitrogen and oxygen atoms in total. The van der Waals surface area contributed by atoms with E-state index < -0.39 is 61.7 Å². The number of amides is 5. The van der Waals surface area contributed by atoms with Crippen molar-refractivity contribution in [3.8, 4) is 0 Å². The minimum Gasteiger partial charge on any atom is -0.346 e. The standard InChI is InChI=1S/C30H49N5O7S.C6H12.C3H8.C2H6/c1-6-15-31-27(39)25(37)22(17-21-10-11-21)33-26(38)24-20(2)12-16-35(24)23(36)18-32-28(40)34-30(13-8-7-9-14-30)19-43(41,42)29(3,4)5;1-2-4-6-5-3-1;1-3-2;1-2/h6,20-22,24H,1,7-19H2,2-5H3,(H,31,39)(H,33,38)(H2,32,34,40);1-6H2;3H2,1-2H3;1-2H3. The zero-order chi connectivity index (χ0) is 41.0. The summed E-state index contributed by atoms with van der Waals surface area (Å²) >= 11 is 0. The molecule has 0 aromatic heterocycles. The summed E-state index contributed by atoms with van der Waals surface area (Å²) in [7, 11) is -3.51. The van der Waals surface area contributed by atoms with Crippen LogP contribution in [-0.4, -0.2) is 90.6 Å². The Bertz CT molecular complexity index is 1290. The van der Waals surface area contributed by atoms with Crippen LogP contribution in [0.5, 0.6) is 0 Å². The van der Waals surface area contributed by atoms with Crippen molar-refractivity contribution in [3.05, 3.63) is 12.7 Å². The van der Waals surface area contributed by atoms with Crippen molar-refractivity contribution in [1.29, 1.82) is 0 Å². The third kappa shape index (κ3) is 16.8. The normalized spacial score (nSPS) is 21.1. The maximum atomic E-state index is 13.4. The monoisotopic (exact) mass is 782 g/mol. The Morgan fingerprint density at radius 3 is 1.87 bits per heavy atom. The number of likely N-dealkylation sites (tertiary alicyclic amines) is 1. The maximum Gasteiger partial charge on any atom is 0.315 e. The van der Waals surface area contributed by atoms with Gasteiger partial charge < -0.3 is 26.2 Å². The minimum absolute atomic E-state index is 0.130. The minimum atomic E-state index is -3.51. The second-order valence-corrected chi connectivity index (χ2v) is 19.0. The quantitative estimate of drug-likeness (QED) is 0.124. The number of carbonyl (C=O) groups excluding carboxylic acids is 5. The van der Waals surface area contributed by atoms with Crippen LogP contribution in [0, 0.1) is 11.8 Å². The van der Waals surface area contributed by atoms with E-state index in [1.807, 2.05) is 20.8 Å². The Morgan fingerprint density at radius 1 is 0.870 bits per heavy atom. The molecule has 4 fully saturated rings. The van der Waals surface area contributed by atoms with Gasteiger partial charge in [0.25, 0.3) is 5.91 Å². The lowest BCUT2D eigenvalue weighted by Gasteiger charge is -2.39. The van der Waals surface area contributed by atoms with Gasteiger partial charge in [-0.05, 0) is 58.3 Å². The van der Waals surface area contributed by atoms with Crippen LogP contribution in [0.4, 0.5) is 4.79 Å². The van der Waals surface area contributed by atoms with Crippen molar-refractivity contribution in [1.82, 2.24) is 26.2 Å². The van der Waals surface area contributed by atoms with Gasteiger partial charge >= 0.3 is 6.03 Å². The van der Waals surface area contributed by atoms with Gasteiger partial charge in [-0.25, -0.2) is 13.2 Å². The van der Waals surface area contributed by atoms with Crippen LogP contribution in [-0.2, 0) is 29.0 Å². The van der Waals surface area contributed by atoms with E-state index in [1.54, 1.807) is 20.8 Å². The first-order valence-corrected chi connectivity index (χ1v) is 22.5. The number of ketones is 1. The van der Waals surface area contributed by atoms with Gasteiger partial charge in [-0.1, -0.05) is 118 Å². The number of nitrogens with one attached hydrogen (secondary N) is 4. The average Bonchev–Trinajstić information content (AvgIpc) is 3.87. The van der Waals surface area contributed by atoms with E-state index in [1.165, 1.54) is 55.9 Å². The van der Waals surface area contributed by atoms with Gasteiger partial charge in [0.05, 0.1) is 28.6 Å². The summed E-state index contributed by atoms with van der Waals surface area (Å²) in [5.41, 5.74) is -0.914. The van der Waals surface area contributed by atoms with Crippen LogP contribution < -0.4 is 21.3 Å². The van der Waals surface area contributed by atoms with Crippen LogP contribution in [0.25, 0.3) is 0 Å². The summed E-state index contributed by atoms with van der Waals surface area (Å²) in [6, 6.07) is -2.48. The molecule has 4 N–H and O–H groups in total. The smallest absolute Gasteiger partial charge is 0.315 e. The Kier molecular flexibility index (Phi) is 22.3. The summed E-state index contributed by atoms with van der Waals surface area (Å²) in [6.45, 7) is 18.6. The topological polar surface area (TPSA) is 171 Å². The predicted molar refractivity (Wildman–Crippen MR) is 218 cm³/mol. The van der Waals surface area contributed by atoms with Crippen molar-refractivity contribution < 1.29 is 32.4 Å². The molecule has 1 heterocycles. The molecule has 4 rings (SSSR count). The number of carbonyl (C=O) groups is 5. The van der Waals surface area contributed by atoms with E-state index in [9.17, 15) is 32.4 Å². The van der Waals surface area contributed by atoms with Crippen molar-refractivity contribution in [2.45, 2.75) is 180 Å². The van der Waals surface area contributed by atoms with Crippen molar-refractivity contribution in [2.75, 3.05) is 25.4 Å². The van der Waals surface area contributed by atoms with Crippen LogP contribution in [0.3, 0.4) is 0 Å². The largest absolute Gasteiger partial charge is 0.346 e. The first kappa shape index (κ1) is 49.1. The Balaban J connectivity index is 0.00000115. The van der Waals surface area contributed by atoms with Gasteiger partial charge in [-0.2, -0.15) is 0 Å². The molecule has 3 unspecified atom stereocenters. The number of Topliss-reactive ketones (excluding diaryl/α,β-unsaturated/α-hetero) is 1. The van der Waals surface area contributed by atoms with Gasteiger partial charge in [0, 0.05) is 13.1 Å². The van der Waals surface area contributed by atoms with E-state index in [-0.39, 0.29) is 30.7 Å². The van der Waals surface area contributed by atoms with Crippen LogP contribution >= 0.6 is 0 Å². The highest BCUT2D eigenvalue weighted by molar-refractivity contribution is 7.92. The number of hydrogen-bond acceptors (Lipinski definition) is 7. The zero-order valence-corrected chi connectivity index (χ0v) is 35.8. The highest BCUT2D eigenvalue weighted by Crippen LogP contribution is 2.34. The van der Waals surface area contributed by atoms with Crippen LogP contribution in [0.1, 0.15) is 158 Å². The van der Waals surface area contributed by atoms with Gasteiger partial charge in [0.15, 0.2) is 9.84 Å². The molecular weight excluding hydrogens is 707 g/mol. The van der Waals surface area contributed by atoms with Crippen molar-refractivity contribution >= 4 is 39.4 Å². The molecule has 1 saturated heterocycles. The molecule has 54 heavy (non-hydrogen) atoms. The van der Waals surface area contributed by atoms with Crippen LogP contribution in [0.15, 0.2) is 12.7 Å². The molecule has 0 bridgehead atoms. The molecule has 0 spiro atoms. The van der Waals surface area contributed by atoms with Crippen molar-refractivity contribution in [2.24, 2.45) is 11.8 Å². The first-order valence-electron chi connectivity index (χ1n) is 20.8. The lowest BCUT2D eigenvalue weighted by atomic mass is 9.83. The highest BCUT2D eigenvalue weighted by atomic mass is 32.2.